The van der Waals surface area contributed by atoms with E-state index in [9.17, 15) is 14.4 Å². The Bertz CT molecular complexity index is 1130. The van der Waals surface area contributed by atoms with Crippen molar-refractivity contribution in [1.82, 2.24) is 19.7 Å². The topological polar surface area (TPSA) is 126 Å². The van der Waals surface area contributed by atoms with Crippen LogP contribution in [0.25, 0.3) is 16.9 Å². The van der Waals surface area contributed by atoms with E-state index in [1.54, 1.807) is 7.05 Å². The quantitative estimate of drug-likeness (QED) is 0.470. The van der Waals surface area contributed by atoms with Gasteiger partial charge in [0, 0.05) is 19.0 Å². The zero-order chi connectivity index (χ0) is 18.4. The third-order valence-corrected chi connectivity index (χ3v) is 4.41. The van der Waals surface area contributed by atoms with Crippen LogP contribution >= 0.6 is 0 Å². The van der Waals surface area contributed by atoms with Crippen molar-refractivity contribution < 1.29 is 19.4 Å². The molecule has 1 aromatic carbocycles. The highest BCUT2D eigenvalue weighted by atomic mass is 16.7. The van der Waals surface area contributed by atoms with Crippen molar-refractivity contribution in [3.63, 3.8) is 0 Å². The summed E-state index contributed by atoms with van der Waals surface area (Å²) >= 11 is 0. The predicted molar refractivity (Wildman–Crippen MR) is 90.5 cm³/mol. The van der Waals surface area contributed by atoms with E-state index >= 15 is 0 Å². The first-order valence-electron chi connectivity index (χ1n) is 7.84. The van der Waals surface area contributed by atoms with Crippen LogP contribution in [0.5, 0.6) is 5.88 Å². The molecule has 26 heavy (non-hydrogen) atoms. The smallest absolute Gasteiger partial charge is 0.449 e. The molecule has 0 spiro atoms. The molecule has 0 unspecified atom stereocenters. The minimum Gasteiger partial charge on any atom is -0.449 e. The number of aromatic amines is 1. The van der Waals surface area contributed by atoms with Gasteiger partial charge in [0.15, 0.2) is 0 Å². The van der Waals surface area contributed by atoms with Gasteiger partial charge in [0.25, 0.3) is 5.56 Å². The standard InChI is InChI=1S/C17H14N4O5/c1-18-12(22)5-8-3-2-4-9-10(8)6-11-14(9)20-16(23)15-19-13(7-21(11)15)26-17(24)25/h2-4,7H,5-6H2,1H3,(H,18,22)(H,20,23)(H,24,25). The summed E-state index contributed by atoms with van der Waals surface area (Å²) in [4.78, 5) is 41.6. The number of aromatic nitrogens is 3. The van der Waals surface area contributed by atoms with E-state index in [2.05, 4.69) is 20.0 Å². The van der Waals surface area contributed by atoms with Crippen LogP contribution in [0.1, 0.15) is 16.8 Å². The molecule has 0 bridgehead atoms. The Morgan fingerprint density at radius 3 is 2.96 bits per heavy atom. The molecule has 1 aliphatic rings. The Balaban J connectivity index is 1.87. The van der Waals surface area contributed by atoms with Crippen molar-refractivity contribution in [1.29, 1.82) is 0 Å². The SMILES string of the molecule is CNC(=O)Cc1cccc2c1Cc1c-2[nH]c(=O)c2nc(OC(=O)O)cn12. The molecule has 1 aliphatic carbocycles. The third-order valence-electron chi connectivity index (χ3n) is 4.41. The molecule has 0 radical (unpaired) electrons. The summed E-state index contributed by atoms with van der Waals surface area (Å²) in [6.45, 7) is 0. The van der Waals surface area contributed by atoms with E-state index < -0.39 is 11.7 Å². The van der Waals surface area contributed by atoms with Crippen LogP contribution in [0.3, 0.4) is 0 Å². The van der Waals surface area contributed by atoms with Crippen LogP contribution in [0.4, 0.5) is 4.79 Å². The summed E-state index contributed by atoms with van der Waals surface area (Å²) in [7, 11) is 1.58. The zero-order valence-corrected chi connectivity index (χ0v) is 13.7. The van der Waals surface area contributed by atoms with Crippen molar-refractivity contribution in [2.75, 3.05) is 7.05 Å². The number of hydrogen-bond donors (Lipinski definition) is 3. The summed E-state index contributed by atoms with van der Waals surface area (Å²) in [6, 6.07) is 5.59. The maximum absolute atomic E-state index is 12.4. The van der Waals surface area contributed by atoms with Gasteiger partial charge in [0.1, 0.15) is 0 Å². The number of nitrogens with zero attached hydrogens (tertiary/aromatic N) is 2. The van der Waals surface area contributed by atoms with E-state index in [0.29, 0.717) is 12.1 Å². The molecule has 132 valence electrons. The first kappa shape index (κ1) is 15.9. The van der Waals surface area contributed by atoms with E-state index in [1.165, 1.54) is 10.6 Å². The maximum atomic E-state index is 12.4. The van der Waals surface area contributed by atoms with E-state index in [4.69, 9.17) is 5.11 Å². The van der Waals surface area contributed by atoms with E-state index in [-0.39, 0.29) is 23.9 Å². The van der Waals surface area contributed by atoms with Crippen molar-refractivity contribution in [2.45, 2.75) is 12.8 Å². The zero-order valence-electron chi connectivity index (χ0n) is 13.7. The van der Waals surface area contributed by atoms with Crippen molar-refractivity contribution >= 4 is 17.7 Å². The number of imidazole rings is 1. The molecule has 2 aromatic heterocycles. The van der Waals surface area contributed by atoms with Gasteiger partial charge < -0.3 is 20.1 Å². The molecule has 0 fully saturated rings. The van der Waals surface area contributed by atoms with Crippen molar-refractivity contribution in [3.8, 4) is 17.1 Å². The van der Waals surface area contributed by atoms with Crippen LogP contribution in [0, 0.1) is 0 Å². The average Bonchev–Trinajstić information content (AvgIpc) is 3.17. The largest absolute Gasteiger partial charge is 0.512 e. The Morgan fingerprint density at radius 1 is 1.42 bits per heavy atom. The molecule has 1 amide bonds. The minimum atomic E-state index is -1.50. The summed E-state index contributed by atoms with van der Waals surface area (Å²) < 4.78 is 6.10. The second-order valence-corrected chi connectivity index (χ2v) is 5.89. The fraction of sp³-hybridized carbons (Fsp3) is 0.176. The number of H-pyrrole nitrogens is 1. The molecule has 9 nitrogen and oxygen atoms in total. The molecule has 3 N–H and O–H groups in total. The van der Waals surface area contributed by atoms with Gasteiger partial charge in [0.2, 0.25) is 17.4 Å². The van der Waals surface area contributed by atoms with Crippen molar-refractivity contribution in [2.24, 2.45) is 0 Å². The normalized spacial score (nSPS) is 11.9. The summed E-state index contributed by atoms with van der Waals surface area (Å²) in [6.07, 6.45) is 0.589. The second-order valence-electron chi connectivity index (χ2n) is 5.89. The van der Waals surface area contributed by atoms with Gasteiger partial charge in [-0.25, -0.2) is 4.79 Å². The molecule has 2 heterocycles. The summed E-state index contributed by atoms with van der Waals surface area (Å²) in [5, 5.41) is 11.3. The van der Waals surface area contributed by atoms with Crippen molar-refractivity contribution in [3.05, 3.63) is 51.6 Å². The Labute approximate surface area is 146 Å². The number of fused-ring (bicyclic) bond motifs is 5. The van der Waals surface area contributed by atoms with Gasteiger partial charge in [-0.3, -0.25) is 14.0 Å². The molecular formula is C17H14N4O5. The number of nitrogens with one attached hydrogen (secondary N) is 2. The monoisotopic (exact) mass is 354 g/mol. The van der Waals surface area contributed by atoms with Gasteiger partial charge in [-0.05, 0) is 11.1 Å². The lowest BCUT2D eigenvalue weighted by Gasteiger charge is -2.07. The molecule has 0 saturated heterocycles. The van der Waals surface area contributed by atoms with E-state index in [0.717, 1.165) is 22.4 Å². The Hall–Kier alpha value is -3.62. The Kier molecular flexibility index (Phi) is 3.50. The fourth-order valence-corrected chi connectivity index (χ4v) is 3.29. The number of likely N-dealkylation sites (N-methyl/N-ethyl adjacent to an activating group) is 1. The highest BCUT2D eigenvalue weighted by molar-refractivity contribution is 5.82. The lowest BCUT2D eigenvalue weighted by Crippen LogP contribution is -2.20. The van der Waals surface area contributed by atoms with Crippen LogP contribution in [0.15, 0.2) is 29.2 Å². The molecule has 0 atom stereocenters. The van der Waals surface area contributed by atoms with E-state index in [1.807, 2.05) is 18.2 Å². The van der Waals surface area contributed by atoms with Gasteiger partial charge in [-0.1, -0.05) is 18.2 Å². The third kappa shape index (κ3) is 2.41. The molecular weight excluding hydrogens is 340 g/mol. The number of ether oxygens (including phenoxy) is 1. The number of carbonyl (C=O) groups excluding carboxylic acids is 1. The van der Waals surface area contributed by atoms with Gasteiger partial charge in [-0.2, -0.15) is 4.98 Å². The molecule has 3 aromatic rings. The number of carbonyl (C=O) groups is 2. The molecule has 4 rings (SSSR count). The molecule has 0 aliphatic heterocycles. The summed E-state index contributed by atoms with van der Waals surface area (Å²) in [5.41, 5.74) is 3.66. The van der Waals surface area contributed by atoms with Gasteiger partial charge >= 0.3 is 6.16 Å². The Morgan fingerprint density at radius 2 is 2.23 bits per heavy atom. The van der Waals surface area contributed by atoms with Crippen LogP contribution in [-0.4, -0.2) is 38.6 Å². The second kappa shape index (κ2) is 5.73. The lowest BCUT2D eigenvalue weighted by molar-refractivity contribution is -0.119. The number of benzene rings is 1. The lowest BCUT2D eigenvalue weighted by atomic mass is 10.00. The highest BCUT2D eigenvalue weighted by Gasteiger charge is 2.26. The number of carboxylic acid groups (broad SMARTS) is 1. The summed E-state index contributed by atoms with van der Waals surface area (Å²) in [5.74, 6) is -0.272. The fourth-order valence-electron chi connectivity index (χ4n) is 3.29. The van der Waals surface area contributed by atoms with Crippen LogP contribution < -0.4 is 15.6 Å². The van der Waals surface area contributed by atoms with Crippen LogP contribution in [0.2, 0.25) is 0 Å². The first-order chi connectivity index (χ1) is 12.5. The number of amides is 1. The maximum Gasteiger partial charge on any atom is 0.512 e. The molecule has 9 heteroatoms. The number of hydrogen-bond acceptors (Lipinski definition) is 5. The molecule has 0 saturated carbocycles. The minimum absolute atomic E-state index is 0.0562. The number of rotatable bonds is 3. The average molecular weight is 354 g/mol. The predicted octanol–water partition coefficient (Wildman–Crippen LogP) is 0.939. The highest BCUT2D eigenvalue weighted by Crippen LogP contribution is 2.37. The van der Waals surface area contributed by atoms with Gasteiger partial charge in [0.05, 0.1) is 24.0 Å². The first-order valence-corrected chi connectivity index (χ1v) is 7.84. The van der Waals surface area contributed by atoms with Gasteiger partial charge in [-0.15, -0.1) is 0 Å². The van der Waals surface area contributed by atoms with Crippen LogP contribution in [-0.2, 0) is 17.6 Å².